The van der Waals surface area contributed by atoms with E-state index in [1.54, 1.807) is 36.0 Å². The summed E-state index contributed by atoms with van der Waals surface area (Å²) in [6.45, 7) is 5.82. The average molecular weight is 536 g/mol. The monoisotopic (exact) mass is 535 g/mol. The van der Waals surface area contributed by atoms with Crippen LogP contribution in [0.3, 0.4) is 0 Å². The molecule has 194 valence electrons. The Morgan fingerprint density at radius 2 is 2.21 bits per heavy atom. The highest BCUT2D eigenvalue weighted by molar-refractivity contribution is 6.31. The Balaban J connectivity index is 1.58. The number of methoxy groups -OCH3 is 1. The number of tetrazole rings is 1. The van der Waals surface area contributed by atoms with E-state index in [-0.39, 0.29) is 27.8 Å². The molecule has 3 aromatic heterocycles. The molecule has 0 amide bonds. The summed E-state index contributed by atoms with van der Waals surface area (Å²) in [4.78, 5) is 30.1. The largest absolute Gasteiger partial charge is 0.481 e. The number of aromatic nitrogens is 8. The summed E-state index contributed by atoms with van der Waals surface area (Å²) in [5.74, 6) is 0.700. The number of imidazole rings is 1. The fourth-order valence-electron chi connectivity index (χ4n) is 4.57. The van der Waals surface area contributed by atoms with Gasteiger partial charge in [0.25, 0.3) is 5.56 Å². The first-order valence-electron chi connectivity index (χ1n) is 11.6. The Morgan fingerprint density at radius 3 is 2.89 bits per heavy atom. The minimum absolute atomic E-state index is 0.0357. The number of nitrogens with zero attached hydrogens (tertiary/aromatic N) is 8. The van der Waals surface area contributed by atoms with Gasteiger partial charge in [0, 0.05) is 30.7 Å². The second-order valence-corrected chi connectivity index (χ2v) is 9.03. The first kappa shape index (κ1) is 25.2. The van der Waals surface area contributed by atoms with Crippen LogP contribution in [0.5, 0.6) is 0 Å². The molecule has 4 aromatic rings. The molecule has 0 unspecified atom stereocenters. The number of halogens is 2. The van der Waals surface area contributed by atoms with Gasteiger partial charge in [-0.3, -0.25) is 14.4 Å². The van der Waals surface area contributed by atoms with Crippen LogP contribution in [-0.4, -0.2) is 59.8 Å². The second-order valence-electron chi connectivity index (χ2n) is 8.62. The highest BCUT2D eigenvalue weighted by Crippen LogP contribution is 2.39. The average Bonchev–Trinajstić information content (AvgIpc) is 3.67. The number of hydrogen-bond acceptors (Lipinski definition) is 8. The van der Waals surface area contributed by atoms with Crippen molar-refractivity contribution < 1.29 is 9.13 Å². The molecule has 1 aliphatic heterocycles. The van der Waals surface area contributed by atoms with E-state index in [1.165, 1.54) is 30.3 Å². The van der Waals surface area contributed by atoms with E-state index in [9.17, 15) is 4.79 Å². The summed E-state index contributed by atoms with van der Waals surface area (Å²) in [6.07, 6.45) is 6.96. The SMILES string of the molecule is C=C/C(=C\C(=N/C)OC)c1cnc([C@@H]2C[C@@H](C)c3nc(-c4c(-n5cnnn5)ccc(Cl)c4F)cc(=O)n32)[nH]1. The molecular formula is C25H23ClFN9O2. The number of hydrogen-bond donors (Lipinski definition) is 1. The number of H-pyrrole nitrogens is 1. The Bertz CT molecular complexity index is 1640. The summed E-state index contributed by atoms with van der Waals surface area (Å²) >= 11 is 6.09. The fraction of sp³-hybridized carbons (Fsp3) is 0.240. The van der Waals surface area contributed by atoms with Crippen LogP contribution in [-0.2, 0) is 4.74 Å². The molecule has 38 heavy (non-hydrogen) atoms. The molecule has 0 spiro atoms. The molecule has 0 bridgehead atoms. The Kier molecular flexibility index (Phi) is 6.72. The highest BCUT2D eigenvalue weighted by Gasteiger charge is 2.34. The van der Waals surface area contributed by atoms with Crippen molar-refractivity contribution in [3.8, 4) is 16.9 Å². The predicted octanol–water partition coefficient (Wildman–Crippen LogP) is 3.74. The molecule has 5 rings (SSSR count). The Labute approximate surface area is 221 Å². The van der Waals surface area contributed by atoms with Gasteiger partial charge >= 0.3 is 0 Å². The molecular weight excluding hydrogens is 513 g/mol. The minimum atomic E-state index is -0.718. The van der Waals surface area contributed by atoms with Crippen LogP contribution < -0.4 is 5.56 Å². The van der Waals surface area contributed by atoms with Crippen LogP contribution in [0.25, 0.3) is 22.5 Å². The Morgan fingerprint density at radius 1 is 1.39 bits per heavy atom. The maximum atomic E-state index is 15.3. The van der Waals surface area contributed by atoms with Gasteiger partial charge in [0.15, 0.2) is 5.82 Å². The summed E-state index contributed by atoms with van der Waals surface area (Å²) in [7, 11) is 3.16. The van der Waals surface area contributed by atoms with Crippen molar-refractivity contribution in [2.24, 2.45) is 4.99 Å². The van der Waals surface area contributed by atoms with Crippen molar-refractivity contribution in [3.05, 3.63) is 88.0 Å². The molecule has 4 heterocycles. The van der Waals surface area contributed by atoms with Crippen molar-refractivity contribution in [1.82, 2.24) is 39.7 Å². The van der Waals surface area contributed by atoms with Gasteiger partial charge in [0.2, 0.25) is 5.90 Å². The van der Waals surface area contributed by atoms with Gasteiger partial charge in [0.05, 0.1) is 47.0 Å². The lowest BCUT2D eigenvalue weighted by atomic mass is 10.1. The van der Waals surface area contributed by atoms with Gasteiger partial charge in [-0.1, -0.05) is 31.2 Å². The third kappa shape index (κ3) is 4.32. The molecule has 0 fully saturated rings. The molecule has 0 aliphatic carbocycles. The maximum absolute atomic E-state index is 15.3. The van der Waals surface area contributed by atoms with E-state index in [0.29, 0.717) is 35.3 Å². The first-order valence-corrected chi connectivity index (χ1v) is 12.0. The maximum Gasteiger partial charge on any atom is 0.254 e. The number of allylic oxidation sites excluding steroid dienone is 2. The molecule has 0 saturated carbocycles. The number of aromatic amines is 1. The van der Waals surface area contributed by atoms with Crippen molar-refractivity contribution in [3.63, 3.8) is 0 Å². The van der Waals surface area contributed by atoms with E-state index in [0.717, 1.165) is 5.57 Å². The van der Waals surface area contributed by atoms with Gasteiger partial charge in [-0.25, -0.2) is 14.4 Å². The lowest BCUT2D eigenvalue weighted by molar-refractivity contribution is 0.406. The molecule has 1 aliphatic rings. The normalized spacial score (nSPS) is 17.5. The van der Waals surface area contributed by atoms with Crippen molar-refractivity contribution in [1.29, 1.82) is 0 Å². The summed E-state index contributed by atoms with van der Waals surface area (Å²) in [6, 6.07) is 3.87. The van der Waals surface area contributed by atoms with Gasteiger partial charge in [0.1, 0.15) is 18.0 Å². The lowest BCUT2D eigenvalue weighted by Crippen LogP contribution is -2.25. The molecule has 2 atom stereocenters. The van der Waals surface area contributed by atoms with E-state index in [2.05, 4.69) is 37.1 Å². The van der Waals surface area contributed by atoms with E-state index < -0.39 is 11.9 Å². The summed E-state index contributed by atoms with van der Waals surface area (Å²) in [5.41, 5.74) is 1.56. The van der Waals surface area contributed by atoms with E-state index in [4.69, 9.17) is 21.3 Å². The van der Waals surface area contributed by atoms with Gasteiger partial charge < -0.3 is 9.72 Å². The topological polar surface area (TPSA) is 129 Å². The smallest absolute Gasteiger partial charge is 0.254 e. The molecule has 0 radical (unpaired) electrons. The number of benzene rings is 1. The summed E-state index contributed by atoms with van der Waals surface area (Å²) < 4.78 is 23.4. The number of fused-ring (bicyclic) bond motifs is 1. The first-order chi connectivity index (χ1) is 18.4. The third-order valence-electron chi connectivity index (χ3n) is 6.38. The zero-order valence-electron chi connectivity index (χ0n) is 20.8. The second kappa shape index (κ2) is 10.1. The van der Waals surface area contributed by atoms with Crippen molar-refractivity contribution in [2.75, 3.05) is 14.2 Å². The highest BCUT2D eigenvalue weighted by atomic mass is 35.5. The number of aliphatic imine (C=N–C) groups is 1. The van der Waals surface area contributed by atoms with E-state index >= 15 is 4.39 Å². The molecule has 1 aromatic carbocycles. The van der Waals surface area contributed by atoms with Crippen LogP contribution in [0.1, 0.15) is 42.6 Å². The minimum Gasteiger partial charge on any atom is -0.481 e. The van der Waals surface area contributed by atoms with Crippen LogP contribution in [0.4, 0.5) is 4.39 Å². The van der Waals surface area contributed by atoms with Crippen LogP contribution in [0.15, 0.2) is 59.2 Å². The number of nitrogens with one attached hydrogen (secondary N) is 1. The zero-order valence-corrected chi connectivity index (χ0v) is 21.5. The molecule has 13 heteroatoms. The zero-order chi connectivity index (χ0) is 27.0. The van der Waals surface area contributed by atoms with Crippen LogP contribution in [0, 0.1) is 5.82 Å². The Hall–Kier alpha value is -4.45. The molecule has 11 nitrogen and oxygen atoms in total. The summed E-state index contributed by atoms with van der Waals surface area (Å²) in [5, 5.41) is 11.0. The van der Waals surface area contributed by atoms with Crippen LogP contribution >= 0.6 is 11.6 Å². The quantitative estimate of drug-likeness (QED) is 0.226. The lowest BCUT2D eigenvalue weighted by Gasteiger charge is -2.15. The number of rotatable bonds is 6. The standard InChI is InChI=1S/C25H23ClFN9O2/c1-5-14(9-20(28-3)38-4)17-11-29-24(31-17)19-8-13(2)25-32-16(10-21(37)36(19)25)22-18(35-12-30-33-34-35)7-6-15(26)23(22)27/h5-7,9-13,19H,1,8H2,2-4H3,(H,29,31)/b14-9+,28-20+/t13-,19+/m1/s1. The van der Waals surface area contributed by atoms with Gasteiger partial charge in [-0.05, 0) is 29.0 Å². The van der Waals surface area contributed by atoms with Gasteiger partial charge in [-0.15, -0.1) is 5.10 Å². The third-order valence-corrected chi connectivity index (χ3v) is 6.68. The number of ether oxygens (including phenoxy) is 1. The van der Waals surface area contributed by atoms with Crippen molar-refractivity contribution in [2.45, 2.75) is 25.3 Å². The van der Waals surface area contributed by atoms with Crippen LogP contribution in [0.2, 0.25) is 5.02 Å². The fourth-order valence-corrected chi connectivity index (χ4v) is 4.73. The van der Waals surface area contributed by atoms with Crippen molar-refractivity contribution >= 4 is 23.1 Å². The molecule has 0 saturated heterocycles. The molecule has 1 N–H and O–H groups in total. The van der Waals surface area contributed by atoms with E-state index in [1.807, 2.05) is 6.92 Å². The van der Waals surface area contributed by atoms with Gasteiger partial charge in [-0.2, -0.15) is 4.68 Å². The predicted molar refractivity (Wildman–Crippen MR) is 140 cm³/mol.